The van der Waals surface area contributed by atoms with Crippen LogP contribution in [-0.2, 0) is 14.9 Å². The van der Waals surface area contributed by atoms with Gasteiger partial charge in [0.2, 0.25) is 0 Å². The number of benzene rings is 1. The van der Waals surface area contributed by atoms with Crippen molar-refractivity contribution in [1.82, 2.24) is 5.32 Å². The summed E-state index contributed by atoms with van der Waals surface area (Å²) in [6.45, 7) is 12.8. The highest BCUT2D eigenvalue weighted by atomic mass is 79.9. The number of rotatable bonds is 8. The number of alkyl halides is 1. The van der Waals surface area contributed by atoms with E-state index in [2.05, 4.69) is 78.7 Å². The fourth-order valence-corrected chi connectivity index (χ4v) is 3.71. The molecule has 1 aromatic rings. The molecule has 0 aliphatic heterocycles. The largest absolute Gasteiger partial charge is 0.468 e. The number of halogens is 2. The van der Waals surface area contributed by atoms with Gasteiger partial charge in [-0.15, -0.1) is 0 Å². The zero-order valence-electron chi connectivity index (χ0n) is 17.2. The van der Waals surface area contributed by atoms with Crippen LogP contribution in [0.1, 0.15) is 59.9 Å². The second-order valence-corrected chi connectivity index (χ2v) is 9.10. The van der Waals surface area contributed by atoms with E-state index in [1.165, 1.54) is 7.11 Å². The van der Waals surface area contributed by atoms with Gasteiger partial charge in [-0.1, -0.05) is 85.5 Å². The summed E-state index contributed by atoms with van der Waals surface area (Å²) in [5.74, 6) is 0.0333. The normalized spacial score (nSPS) is 13.4. The van der Waals surface area contributed by atoms with Crippen molar-refractivity contribution in [2.75, 3.05) is 12.4 Å². The van der Waals surface area contributed by atoms with Gasteiger partial charge < -0.3 is 10.1 Å². The number of methoxy groups -OCH3 is 1. The summed E-state index contributed by atoms with van der Waals surface area (Å²) in [7, 11) is 1.46. The lowest BCUT2D eigenvalue weighted by atomic mass is 9.69. The molecule has 0 radical (unpaired) electrons. The van der Waals surface area contributed by atoms with Gasteiger partial charge in [0.05, 0.1) is 12.5 Å². The van der Waals surface area contributed by atoms with Gasteiger partial charge >= 0.3 is 5.97 Å². The highest BCUT2D eigenvalue weighted by Crippen LogP contribution is 2.39. The molecule has 0 amide bonds. The standard InChI is InChI=1S/C15H20Br2O2.C6H15N/c1-11(2)15(9-4-10-16,14(18)19-3)12-5-7-13(17)8-6-12;1-5(2)7-6(3)4/h5-8,11H,4,9-10H2,1-3H3;5-7H,1-4H3. The first-order valence-corrected chi connectivity index (χ1v) is 11.2. The van der Waals surface area contributed by atoms with E-state index in [4.69, 9.17) is 4.74 Å². The molecule has 3 nitrogen and oxygen atoms in total. The van der Waals surface area contributed by atoms with Crippen LogP contribution in [0.4, 0.5) is 0 Å². The quantitative estimate of drug-likeness (QED) is 0.352. The molecule has 0 fully saturated rings. The number of hydrogen-bond donors (Lipinski definition) is 1. The average Bonchev–Trinajstić information content (AvgIpc) is 2.55. The molecule has 0 saturated heterocycles. The van der Waals surface area contributed by atoms with Gasteiger partial charge in [-0.3, -0.25) is 4.79 Å². The van der Waals surface area contributed by atoms with E-state index in [-0.39, 0.29) is 11.9 Å². The molecule has 1 unspecified atom stereocenters. The van der Waals surface area contributed by atoms with Crippen LogP contribution in [0.3, 0.4) is 0 Å². The lowest BCUT2D eigenvalue weighted by molar-refractivity contribution is -0.150. The Bertz CT molecular complexity index is 509. The van der Waals surface area contributed by atoms with E-state index in [0.29, 0.717) is 12.1 Å². The monoisotopic (exact) mass is 491 g/mol. The Labute approximate surface area is 176 Å². The summed E-state index contributed by atoms with van der Waals surface area (Å²) in [6.07, 6.45) is 1.72. The second kappa shape index (κ2) is 12.9. The Morgan fingerprint density at radius 2 is 1.58 bits per heavy atom. The zero-order chi connectivity index (χ0) is 20.3. The van der Waals surface area contributed by atoms with Gasteiger partial charge in [0, 0.05) is 21.9 Å². The molecule has 1 rings (SSSR count). The minimum absolute atomic E-state index is 0.147. The van der Waals surface area contributed by atoms with Gasteiger partial charge in [0.25, 0.3) is 0 Å². The first kappa shape index (κ1) is 25.6. The first-order chi connectivity index (χ1) is 12.1. The van der Waals surface area contributed by atoms with Gasteiger partial charge in [-0.05, 0) is 36.5 Å². The number of carbonyl (C=O) groups is 1. The van der Waals surface area contributed by atoms with Crippen LogP contribution in [0.5, 0.6) is 0 Å². The average molecular weight is 493 g/mol. The summed E-state index contributed by atoms with van der Waals surface area (Å²) >= 11 is 6.88. The van der Waals surface area contributed by atoms with E-state index in [0.717, 1.165) is 28.2 Å². The zero-order valence-corrected chi connectivity index (χ0v) is 20.4. The lowest BCUT2D eigenvalue weighted by Gasteiger charge is -2.35. The topological polar surface area (TPSA) is 38.3 Å². The van der Waals surface area contributed by atoms with E-state index in [1.54, 1.807) is 0 Å². The van der Waals surface area contributed by atoms with Crippen LogP contribution in [-0.4, -0.2) is 30.5 Å². The Kier molecular flexibility index (Phi) is 12.7. The molecule has 1 N–H and O–H groups in total. The van der Waals surface area contributed by atoms with E-state index in [9.17, 15) is 4.79 Å². The molecule has 1 aromatic carbocycles. The second-order valence-electron chi connectivity index (χ2n) is 7.39. The number of esters is 1. The molecule has 0 spiro atoms. The Balaban J connectivity index is 0.000000758. The number of hydrogen-bond acceptors (Lipinski definition) is 3. The number of nitrogens with one attached hydrogen (secondary N) is 1. The molecular weight excluding hydrogens is 458 g/mol. The smallest absolute Gasteiger partial charge is 0.316 e. The predicted molar refractivity (Wildman–Crippen MR) is 119 cm³/mol. The third kappa shape index (κ3) is 8.10. The summed E-state index contributed by atoms with van der Waals surface area (Å²) in [4.78, 5) is 12.4. The Morgan fingerprint density at radius 1 is 1.08 bits per heavy atom. The minimum Gasteiger partial charge on any atom is -0.468 e. The Hall–Kier alpha value is -0.390. The van der Waals surface area contributed by atoms with E-state index in [1.807, 2.05) is 24.3 Å². The van der Waals surface area contributed by atoms with E-state index >= 15 is 0 Å². The maximum absolute atomic E-state index is 12.4. The molecule has 1 atom stereocenters. The lowest BCUT2D eigenvalue weighted by Crippen LogP contribution is -2.42. The maximum Gasteiger partial charge on any atom is 0.316 e. The van der Waals surface area contributed by atoms with Crippen LogP contribution >= 0.6 is 31.9 Å². The SMILES string of the molecule is CC(C)NC(C)C.COC(=O)C(CCCBr)(c1ccc(Br)cc1)C(C)C. The molecule has 0 saturated carbocycles. The molecule has 5 heteroatoms. The molecule has 26 heavy (non-hydrogen) atoms. The number of carbonyl (C=O) groups excluding carboxylic acids is 1. The van der Waals surface area contributed by atoms with Crippen molar-refractivity contribution >= 4 is 37.8 Å². The molecule has 150 valence electrons. The van der Waals surface area contributed by atoms with Gasteiger partial charge in [0.15, 0.2) is 0 Å². The highest BCUT2D eigenvalue weighted by Gasteiger charge is 2.43. The molecule has 0 aromatic heterocycles. The fraction of sp³-hybridized carbons (Fsp3) is 0.667. The molecule has 0 bridgehead atoms. The maximum atomic E-state index is 12.4. The van der Waals surface area contributed by atoms with Crippen molar-refractivity contribution in [1.29, 1.82) is 0 Å². The fourth-order valence-electron chi connectivity index (χ4n) is 3.16. The van der Waals surface area contributed by atoms with Crippen molar-refractivity contribution in [3.05, 3.63) is 34.3 Å². The summed E-state index contributed by atoms with van der Waals surface area (Å²) in [5, 5.41) is 4.19. The van der Waals surface area contributed by atoms with Crippen molar-refractivity contribution < 1.29 is 9.53 Å². The highest BCUT2D eigenvalue weighted by molar-refractivity contribution is 9.10. The molecule has 0 aliphatic carbocycles. The number of ether oxygens (including phenoxy) is 1. The van der Waals surface area contributed by atoms with Gasteiger partial charge in [-0.25, -0.2) is 0 Å². The first-order valence-electron chi connectivity index (χ1n) is 9.28. The van der Waals surface area contributed by atoms with Crippen molar-refractivity contribution in [3.63, 3.8) is 0 Å². The van der Waals surface area contributed by atoms with Crippen molar-refractivity contribution in [2.24, 2.45) is 5.92 Å². The van der Waals surface area contributed by atoms with E-state index < -0.39 is 5.41 Å². The third-order valence-corrected chi connectivity index (χ3v) is 5.36. The predicted octanol–water partition coefficient (Wildman–Crippen LogP) is 6.08. The Morgan fingerprint density at radius 3 is 1.88 bits per heavy atom. The van der Waals surface area contributed by atoms with Gasteiger partial charge in [0.1, 0.15) is 0 Å². The summed E-state index contributed by atoms with van der Waals surface area (Å²) in [5.41, 5.74) is 0.460. The molecular formula is C21H35Br2NO2. The van der Waals surface area contributed by atoms with Gasteiger partial charge in [-0.2, -0.15) is 0 Å². The molecule has 0 heterocycles. The van der Waals surface area contributed by atoms with Crippen molar-refractivity contribution in [3.8, 4) is 0 Å². The van der Waals surface area contributed by atoms with Crippen LogP contribution in [0.25, 0.3) is 0 Å². The van der Waals surface area contributed by atoms with Crippen LogP contribution in [0, 0.1) is 5.92 Å². The van der Waals surface area contributed by atoms with Crippen LogP contribution < -0.4 is 5.32 Å². The third-order valence-electron chi connectivity index (χ3n) is 4.27. The summed E-state index contributed by atoms with van der Waals surface area (Å²) in [6, 6.07) is 9.22. The van der Waals surface area contributed by atoms with Crippen molar-refractivity contribution in [2.45, 2.75) is 71.9 Å². The molecule has 0 aliphatic rings. The van der Waals surface area contributed by atoms with Crippen LogP contribution in [0.2, 0.25) is 0 Å². The van der Waals surface area contributed by atoms with Crippen LogP contribution in [0.15, 0.2) is 28.7 Å². The summed E-state index contributed by atoms with van der Waals surface area (Å²) < 4.78 is 6.11. The minimum atomic E-state index is -0.566.